The second kappa shape index (κ2) is 10.8. The lowest BCUT2D eigenvalue weighted by molar-refractivity contribution is -0.274. The molecule has 0 amide bonds. The van der Waals surface area contributed by atoms with Crippen LogP contribution in [0, 0.1) is 13.8 Å². The third kappa shape index (κ3) is 6.73. The first-order chi connectivity index (χ1) is 17.6. The summed E-state index contributed by atoms with van der Waals surface area (Å²) in [6, 6.07) is 19.3. The SMILES string of the molecule is C/C(=N\NC(=S)Nc1c(C)cccc1C)c1ccc(-c2cnn(-c3ccc(OC(F)(F)F)cc3)c2)cc1. The lowest BCUT2D eigenvalue weighted by Gasteiger charge is -2.13. The van der Waals surface area contributed by atoms with Crippen molar-refractivity contribution in [1.29, 1.82) is 0 Å². The van der Waals surface area contributed by atoms with E-state index in [-0.39, 0.29) is 5.75 Å². The minimum atomic E-state index is -4.73. The molecule has 0 aliphatic carbocycles. The Labute approximate surface area is 217 Å². The van der Waals surface area contributed by atoms with Crippen LogP contribution in [0.25, 0.3) is 16.8 Å². The second-order valence-electron chi connectivity index (χ2n) is 8.32. The van der Waals surface area contributed by atoms with E-state index in [1.165, 1.54) is 24.3 Å². The number of para-hydroxylation sites is 1. The van der Waals surface area contributed by atoms with Gasteiger partial charge in [0.15, 0.2) is 5.11 Å². The number of nitrogens with one attached hydrogen (secondary N) is 2. The van der Waals surface area contributed by atoms with Gasteiger partial charge in [0.2, 0.25) is 0 Å². The summed E-state index contributed by atoms with van der Waals surface area (Å²) in [7, 11) is 0. The van der Waals surface area contributed by atoms with Crippen molar-refractivity contribution in [3.05, 3.63) is 95.8 Å². The molecule has 1 aromatic heterocycles. The summed E-state index contributed by atoms with van der Waals surface area (Å²) in [6.45, 7) is 5.91. The highest BCUT2D eigenvalue weighted by Crippen LogP contribution is 2.25. The van der Waals surface area contributed by atoms with Gasteiger partial charge in [0.1, 0.15) is 5.75 Å². The minimum Gasteiger partial charge on any atom is -0.406 e. The highest BCUT2D eigenvalue weighted by molar-refractivity contribution is 7.80. The van der Waals surface area contributed by atoms with Crippen LogP contribution in [0.5, 0.6) is 5.75 Å². The van der Waals surface area contributed by atoms with Gasteiger partial charge in [-0.05, 0) is 79.5 Å². The van der Waals surface area contributed by atoms with Gasteiger partial charge < -0.3 is 10.1 Å². The summed E-state index contributed by atoms with van der Waals surface area (Å²) in [5.74, 6) is -0.285. The van der Waals surface area contributed by atoms with Crippen LogP contribution in [-0.2, 0) is 0 Å². The first kappa shape index (κ1) is 25.9. The largest absolute Gasteiger partial charge is 0.573 e. The van der Waals surface area contributed by atoms with Gasteiger partial charge in [0, 0.05) is 17.4 Å². The molecule has 6 nitrogen and oxygen atoms in total. The molecule has 0 radical (unpaired) electrons. The minimum absolute atomic E-state index is 0.285. The monoisotopic (exact) mass is 523 g/mol. The number of halogens is 3. The standard InChI is InChI=1S/C27H24F3N5OS/c1-17-5-4-6-18(2)25(17)32-26(37)34-33-19(3)20-7-9-21(10-8-20)22-15-31-35(16-22)23-11-13-24(14-12-23)36-27(28,29)30/h4-16H,1-3H3,(H2,32,34,37)/b33-19+. The molecule has 190 valence electrons. The smallest absolute Gasteiger partial charge is 0.406 e. The Kier molecular flexibility index (Phi) is 7.58. The molecule has 0 saturated carbocycles. The van der Waals surface area contributed by atoms with Gasteiger partial charge in [-0.15, -0.1) is 13.2 Å². The zero-order valence-electron chi connectivity index (χ0n) is 20.3. The molecule has 0 aliphatic rings. The number of nitrogens with zero attached hydrogens (tertiary/aromatic N) is 3. The number of hydrazone groups is 1. The van der Waals surface area contributed by atoms with Crippen molar-refractivity contribution in [2.24, 2.45) is 5.10 Å². The number of aromatic nitrogens is 2. The molecular weight excluding hydrogens is 499 g/mol. The van der Waals surface area contributed by atoms with Gasteiger partial charge in [-0.3, -0.25) is 5.43 Å². The summed E-state index contributed by atoms with van der Waals surface area (Å²) in [6.07, 6.45) is -1.24. The van der Waals surface area contributed by atoms with E-state index in [0.717, 1.165) is 39.2 Å². The molecule has 0 fully saturated rings. The maximum atomic E-state index is 12.4. The predicted molar refractivity (Wildman–Crippen MR) is 143 cm³/mol. The van der Waals surface area contributed by atoms with Gasteiger partial charge in [-0.2, -0.15) is 10.2 Å². The Balaban J connectivity index is 1.39. The fourth-order valence-corrected chi connectivity index (χ4v) is 3.82. The first-order valence-electron chi connectivity index (χ1n) is 11.3. The zero-order chi connectivity index (χ0) is 26.6. The number of anilines is 1. The quantitative estimate of drug-likeness (QED) is 0.166. The maximum absolute atomic E-state index is 12.4. The first-order valence-corrected chi connectivity index (χ1v) is 11.7. The van der Waals surface area contributed by atoms with Gasteiger partial charge in [-0.1, -0.05) is 42.5 Å². The Morgan fingerprint density at radius 2 is 1.59 bits per heavy atom. The molecule has 1 heterocycles. The summed E-state index contributed by atoms with van der Waals surface area (Å²) < 4.78 is 42.6. The molecule has 4 rings (SSSR count). The molecule has 0 spiro atoms. The Morgan fingerprint density at radius 1 is 0.946 bits per heavy atom. The van der Waals surface area contributed by atoms with Gasteiger partial charge in [0.25, 0.3) is 0 Å². The molecule has 3 aromatic carbocycles. The number of hydrogen-bond donors (Lipinski definition) is 2. The van der Waals surface area contributed by atoms with E-state index in [2.05, 4.69) is 25.7 Å². The van der Waals surface area contributed by atoms with E-state index in [1.807, 2.05) is 63.2 Å². The number of benzene rings is 3. The van der Waals surface area contributed by atoms with Gasteiger partial charge in [0.05, 0.1) is 17.6 Å². The van der Waals surface area contributed by atoms with Gasteiger partial charge in [-0.25, -0.2) is 4.68 Å². The van der Waals surface area contributed by atoms with Crippen molar-refractivity contribution < 1.29 is 17.9 Å². The fourth-order valence-electron chi connectivity index (χ4n) is 3.67. The van der Waals surface area contributed by atoms with E-state index in [0.29, 0.717) is 10.8 Å². The normalized spacial score (nSPS) is 11.8. The van der Waals surface area contributed by atoms with E-state index in [1.54, 1.807) is 17.1 Å². The van der Waals surface area contributed by atoms with E-state index < -0.39 is 6.36 Å². The molecule has 0 atom stereocenters. The molecule has 0 unspecified atom stereocenters. The van der Waals surface area contributed by atoms with Crippen molar-refractivity contribution in [3.8, 4) is 22.6 Å². The molecule has 2 N–H and O–H groups in total. The van der Waals surface area contributed by atoms with Crippen LogP contribution in [0.15, 0.2) is 84.2 Å². The van der Waals surface area contributed by atoms with Crippen LogP contribution in [0.2, 0.25) is 0 Å². The number of thiocarbonyl (C=S) groups is 1. The Bertz CT molecular complexity index is 1410. The lowest BCUT2D eigenvalue weighted by Crippen LogP contribution is -2.25. The van der Waals surface area contributed by atoms with Crippen LogP contribution in [0.1, 0.15) is 23.6 Å². The number of ether oxygens (including phenoxy) is 1. The summed E-state index contributed by atoms with van der Waals surface area (Å²) >= 11 is 5.39. The van der Waals surface area contributed by atoms with E-state index in [9.17, 15) is 13.2 Å². The average Bonchev–Trinajstić information content (AvgIpc) is 3.35. The fraction of sp³-hybridized carbons (Fsp3) is 0.148. The van der Waals surface area contributed by atoms with Crippen LogP contribution in [0.3, 0.4) is 0 Å². The summed E-state index contributed by atoms with van der Waals surface area (Å²) in [5, 5.41) is 12.3. The molecule has 37 heavy (non-hydrogen) atoms. The van der Waals surface area contributed by atoms with Crippen molar-refractivity contribution >= 4 is 28.7 Å². The molecule has 10 heteroatoms. The molecule has 4 aromatic rings. The third-order valence-electron chi connectivity index (χ3n) is 5.60. The highest BCUT2D eigenvalue weighted by atomic mass is 32.1. The topological polar surface area (TPSA) is 63.5 Å². The Morgan fingerprint density at radius 3 is 2.22 bits per heavy atom. The summed E-state index contributed by atoms with van der Waals surface area (Å²) in [5.41, 5.74) is 10.1. The highest BCUT2D eigenvalue weighted by Gasteiger charge is 2.31. The van der Waals surface area contributed by atoms with Crippen LogP contribution < -0.4 is 15.5 Å². The van der Waals surface area contributed by atoms with E-state index >= 15 is 0 Å². The second-order valence-corrected chi connectivity index (χ2v) is 8.73. The Hall–Kier alpha value is -4.18. The average molecular weight is 524 g/mol. The van der Waals surface area contributed by atoms with Gasteiger partial charge >= 0.3 is 6.36 Å². The molecular formula is C27H24F3N5OS. The number of rotatable bonds is 6. The van der Waals surface area contributed by atoms with Crippen LogP contribution in [-0.4, -0.2) is 27.0 Å². The van der Waals surface area contributed by atoms with Crippen molar-refractivity contribution in [3.63, 3.8) is 0 Å². The number of alkyl halides is 3. The molecule has 0 saturated heterocycles. The third-order valence-corrected chi connectivity index (χ3v) is 5.79. The maximum Gasteiger partial charge on any atom is 0.573 e. The predicted octanol–water partition coefficient (Wildman–Crippen LogP) is 6.77. The summed E-state index contributed by atoms with van der Waals surface area (Å²) in [4.78, 5) is 0. The lowest BCUT2D eigenvalue weighted by atomic mass is 10.1. The van der Waals surface area contributed by atoms with Crippen molar-refractivity contribution in [1.82, 2.24) is 15.2 Å². The van der Waals surface area contributed by atoms with Crippen LogP contribution >= 0.6 is 12.2 Å². The van der Waals surface area contributed by atoms with Crippen LogP contribution in [0.4, 0.5) is 18.9 Å². The number of aryl methyl sites for hydroxylation is 2. The molecule has 0 bridgehead atoms. The van der Waals surface area contributed by atoms with E-state index in [4.69, 9.17) is 12.2 Å². The number of hydrogen-bond acceptors (Lipinski definition) is 4. The van der Waals surface area contributed by atoms with Crippen molar-refractivity contribution in [2.45, 2.75) is 27.1 Å². The molecule has 0 aliphatic heterocycles. The van der Waals surface area contributed by atoms with Crippen molar-refractivity contribution in [2.75, 3.05) is 5.32 Å². The zero-order valence-corrected chi connectivity index (χ0v) is 21.1.